The lowest BCUT2D eigenvalue weighted by Gasteiger charge is -2.45. The first-order chi connectivity index (χ1) is 18.0. The Morgan fingerprint density at radius 1 is 1.16 bits per heavy atom. The largest absolute Gasteiger partial charge is 0.376 e. The Morgan fingerprint density at radius 3 is 2.53 bits per heavy atom. The molecule has 1 unspecified atom stereocenters. The zero-order chi connectivity index (χ0) is 27.9. The Morgan fingerprint density at radius 2 is 1.92 bits per heavy atom. The lowest BCUT2D eigenvalue weighted by atomic mass is 9.74. The predicted octanol–water partition coefficient (Wildman–Crippen LogP) is 5.88. The molecule has 0 aliphatic heterocycles. The summed E-state index contributed by atoms with van der Waals surface area (Å²) in [5.41, 5.74) is 1.33. The van der Waals surface area contributed by atoms with E-state index in [0.29, 0.717) is 36.2 Å². The number of aromatic nitrogens is 4. The Hall–Kier alpha value is -3.11. The molecule has 1 aliphatic carbocycles. The van der Waals surface area contributed by atoms with Gasteiger partial charge in [0.25, 0.3) is 0 Å². The number of thioether (sulfide) groups is 1. The van der Waals surface area contributed by atoms with E-state index < -0.39 is 0 Å². The normalized spacial score (nSPS) is 15.3. The molecule has 1 atom stereocenters. The van der Waals surface area contributed by atoms with Crippen LogP contribution in [0, 0.1) is 12.3 Å². The number of rotatable bonds is 11. The van der Waals surface area contributed by atoms with Crippen molar-refractivity contribution in [3.63, 3.8) is 0 Å². The van der Waals surface area contributed by atoms with Gasteiger partial charge in [-0.05, 0) is 37.3 Å². The summed E-state index contributed by atoms with van der Waals surface area (Å²) < 4.78 is 6.11. The number of aryl methyl sites for hydroxylation is 1. The van der Waals surface area contributed by atoms with Gasteiger partial charge in [0.05, 0.1) is 5.60 Å². The molecule has 1 aliphatic rings. The third-order valence-electron chi connectivity index (χ3n) is 6.76. The summed E-state index contributed by atoms with van der Waals surface area (Å²) in [6.45, 7) is 13.2. The van der Waals surface area contributed by atoms with Crippen LogP contribution in [0.3, 0.4) is 0 Å². The monoisotopic (exact) mass is 539 g/mol. The first-order valence-corrected chi connectivity index (χ1v) is 13.8. The fourth-order valence-electron chi connectivity index (χ4n) is 4.32. The number of carbonyl (C=O) groups excluding carboxylic acids is 1. The van der Waals surface area contributed by atoms with E-state index in [1.807, 2.05) is 51.3 Å². The van der Waals surface area contributed by atoms with Crippen LogP contribution in [0.15, 0.2) is 52.2 Å². The summed E-state index contributed by atoms with van der Waals surface area (Å²) in [4.78, 5) is 24.6. The van der Waals surface area contributed by atoms with Crippen molar-refractivity contribution in [3.05, 3.63) is 52.7 Å². The summed E-state index contributed by atoms with van der Waals surface area (Å²) in [6.07, 6.45) is 10.00. The Kier molecular flexibility index (Phi) is 9.78. The third-order valence-corrected chi connectivity index (χ3v) is 7.67. The molecule has 0 saturated heterocycles. The second-order valence-corrected chi connectivity index (χ2v) is 11.5. The van der Waals surface area contributed by atoms with Crippen molar-refractivity contribution < 1.29 is 9.53 Å². The third kappa shape index (κ3) is 7.48. The molecule has 38 heavy (non-hydrogen) atoms. The van der Waals surface area contributed by atoms with Gasteiger partial charge in [0.1, 0.15) is 11.6 Å². The summed E-state index contributed by atoms with van der Waals surface area (Å²) in [6, 6.07) is 3.86. The molecule has 2 aromatic heterocycles. The number of aromatic amines is 1. The maximum absolute atomic E-state index is 11.8. The highest BCUT2D eigenvalue weighted by molar-refractivity contribution is 8.03. The number of amides is 1. The molecule has 0 bridgehead atoms. The zero-order valence-electron chi connectivity index (χ0n) is 23.8. The van der Waals surface area contributed by atoms with Crippen LogP contribution in [0.5, 0.6) is 0 Å². The number of nitrogens with zero attached hydrogens (tertiary/aromatic N) is 4. The van der Waals surface area contributed by atoms with Gasteiger partial charge in [0, 0.05) is 55.6 Å². The van der Waals surface area contributed by atoms with Crippen LogP contribution >= 0.6 is 11.8 Å². The van der Waals surface area contributed by atoms with E-state index in [2.05, 4.69) is 59.5 Å². The first-order valence-electron chi connectivity index (χ1n) is 13.0. The van der Waals surface area contributed by atoms with Crippen LogP contribution in [0.1, 0.15) is 59.6 Å². The fourth-order valence-corrected chi connectivity index (χ4v) is 5.13. The van der Waals surface area contributed by atoms with Crippen molar-refractivity contribution in [3.8, 4) is 0 Å². The zero-order valence-corrected chi connectivity index (χ0v) is 24.6. The molecule has 0 fully saturated rings. The summed E-state index contributed by atoms with van der Waals surface area (Å²) >= 11 is 1.48. The SMILES string of the molecule is CCC(=O)NC1=CCC=C(Sc2nc(Nc3cc(C)[nH]n3)cc(N(C)CC(CC)(OC)C(C)(C)C)n2)C=C1. The molecule has 0 aromatic carbocycles. The number of methoxy groups -OCH3 is 1. The van der Waals surface area contributed by atoms with Crippen molar-refractivity contribution >= 4 is 35.1 Å². The van der Waals surface area contributed by atoms with E-state index in [4.69, 9.17) is 14.7 Å². The summed E-state index contributed by atoms with van der Waals surface area (Å²) in [5, 5.41) is 14.1. The van der Waals surface area contributed by atoms with E-state index in [1.54, 1.807) is 7.11 Å². The first kappa shape index (κ1) is 29.4. The average Bonchev–Trinajstić information content (AvgIpc) is 3.15. The number of likely N-dealkylation sites (N-methyl/N-ethyl adjacent to an activating group) is 1. The number of hydrogen-bond acceptors (Lipinski definition) is 8. The number of carbonyl (C=O) groups is 1. The molecule has 3 N–H and O–H groups in total. The van der Waals surface area contributed by atoms with Crippen molar-refractivity contribution in [1.29, 1.82) is 0 Å². The maximum atomic E-state index is 11.8. The van der Waals surface area contributed by atoms with Crippen LogP contribution in [-0.2, 0) is 9.53 Å². The van der Waals surface area contributed by atoms with Gasteiger partial charge < -0.3 is 20.3 Å². The van der Waals surface area contributed by atoms with Gasteiger partial charge in [-0.2, -0.15) is 5.10 Å². The molecule has 3 rings (SSSR count). The van der Waals surface area contributed by atoms with Gasteiger partial charge in [0.2, 0.25) is 5.91 Å². The lowest BCUT2D eigenvalue weighted by Crippen LogP contribution is -2.52. The Balaban J connectivity index is 1.90. The van der Waals surface area contributed by atoms with Gasteiger partial charge in [0.15, 0.2) is 11.0 Å². The molecule has 2 heterocycles. The fraction of sp³-hybridized carbons (Fsp3) is 0.500. The van der Waals surface area contributed by atoms with E-state index >= 15 is 0 Å². The molecule has 2 aromatic rings. The minimum atomic E-state index is -0.357. The number of anilines is 3. The lowest BCUT2D eigenvalue weighted by molar-refractivity contribution is -0.120. The quantitative estimate of drug-likeness (QED) is 0.304. The van der Waals surface area contributed by atoms with Crippen molar-refractivity contribution in [2.45, 2.75) is 71.6 Å². The highest BCUT2D eigenvalue weighted by Crippen LogP contribution is 2.38. The van der Waals surface area contributed by atoms with Crippen molar-refractivity contribution in [1.82, 2.24) is 25.5 Å². The van der Waals surface area contributed by atoms with E-state index in [1.165, 1.54) is 11.8 Å². The van der Waals surface area contributed by atoms with Crippen LogP contribution in [0.4, 0.5) is 17.5 Å². The second-order valence-electron chi connectivity index (χ2n) is 10.5. The summed E-state index contributed by atoms with van der Waals surface area (Å²) in [7, 11) is 3.82. The molecule has 9 nitrogen and oxygen atoms in total. The van der Waals surface area contributed by atoms with Gasteiger partial charge >= 0.3 is 0 Å². The van der Waals surface area contributed by atoms with E-state index in [9.17, 15) is 4.79 Å². The Labute approximate surface area is 230 Å². The smallest absolute Gasteiger partial charge is 0.224 e. The minimum absolute atomic E-state index is 0.00475. The topological polar surface area (TPSA) is 108 Å². The number of allylic oxidation sites excluding steroid dienone is 4. The molecule has 206 valence electrons. The number of nitrogens with one attached hydrogen (secondary N) is 3. The summed E-state index contributed by atoms with van der Waals surface area (Å²) in [5.74, 6) is 2.12. The standard InChI is InChI=1S/C28H41N7O2S/c1-9-25(36)29-20-12-11-13-21(15-14-20)38-26-31-22(30-23-16-19(3)33-34-23)17-24(32-26)35(7)18-28(10-2,37-8)27(4,5)6/h12-17H,9-11,18H2,1-8H3,(H,29,36)(H2,30,31,32,33,34). The highest BCUT2D eigenvalue weighted by atomic mass is 32.2. The molecule has 0 radical (unpaired) electrons. The predicted molar refractivity (Wildman–Crippen MR) is 156 cm³/mol. The molecule has 0 spiro atoms. The highest BCUT2D eigenvalue weighted by Gasteiger charge is 2.42. The van der Waals surface area contributed by atoms with Gasteiger partial charge in [-0.25, -0.2) is 9.97 Å². The molecule has 10 heteroatoms. The van der Waals surface area contributed by atoms with Crippen molar-refractivity contribution in [2.24, 2.45) is 5.41 Å². The van der Waals surface area contributed by atoms with Crippen LogP contribution in [0.25, 0.3) is 0 Å². The molecular weight excluding hydrogens is 498 g/mol. The van der Waals surface area contributed by atoms with Crippen molar-refractivity contribution in [2.75, 3.05) is 30.9 Å². The van der Waals surface area contributed by atoms with Gasteiger partial charge in [-0.3, -0.25) is 9.89 Å². The van der Waals surface area contributed by atoms with E-state index in [-0.39, 0.29) is 16.9 Å². The van der Waals surface area contributed by atoms with Crippen LogP contribution in [0.2, 0.25) is 0 Å². The Bertz CT molecular complexity index is 1210. The maximum Gasteiger partial charge on any atom is 0.224 e. The van der Waals surface area contributed by atoms with Gasteiger partial charge in [-0.1, -0.05) is 58.5 Å². The van der Waals surface area contributed by atoms with E-state index in [0.717, 1.165) is 28.5 Å². The van der Waals surface area contributed by atoms with Crippen LogP contribution in [-0.4, -0.2) is 52.4 Å². The van der Waals surface area contributed by atoms with Gasteiger partial charge in [-0.15, -0.1) is 0 Å². The minimum Gasteiger partial charge on any atom is -0.376 e. The molecule has 0 saturated carbocycles. The number of ether oxygens (including phenoxy) is 1. The number of hydrogen-bond donors (Lipinski definition) is 3. The molecular formula is C28H41N7O2S. The number of H-pyrrole nitrogens is 1. The second kappa shape index (κ2) is 12.6. The van der Waals surface area contributed by atoms with Crippen LogP contribution < -0.4 is 15.5 Å². The average molecular weight is 540 g/mol. The molecule has 1 amide bonds.